The minimum absolute atomic E-state index is 0.172. The first kappa shape index (κ1) is 14.5. The second kappa shape index (κ2) is 5.76. The fourth-order valence-corrected chi connectivity index (χ4v) is 4.73. The van der Waals surface area contributed by atoms with Crippen LogP contribution in [0.2, 0.25) is 0 Å². The zero-order valence-corrected chi connectivity index (χ0v) is 13.2. The van der Waals surface area contributed by atoms with E-state index in [1.165, 1.54) is 11.3 Å². The predicted molar refractivity (Wildman–Crippen MR) is 84.7 cm³/mol. The minimum atomic E-state index is -3.52. The number of benzene rings is 1. The molecule has 1 aromatic carbocycles. The van der Waals surface area contributed by atoms with E-state index in [9.17, 15) is 8.42 Å². The van der Waals surface area contributed by atoms with Crippen molar-refractivity contribution in [1.29, 1.82) is 0 Å². The minimum Gasteiger partial charge on any atom is -0.279 e. The van der Waals surface area contributed by atoms with E-state index in [1.54, 1.807) is 30.3 Å². The number of thiophene rings is 1. The first-order valence-electron chi connectivity index (χ1n) is 6.73. The molecule has 3 rings (SSSR count). The summed E-state index contributed by atoms with van der Waals surface area (Å²) in [7, 11) is -3.52. The molecule has 21 heavy (non-hydrogen) atoms. The second-order valence-corrected chi connectivity index (χ2v) is 8.13. The molecule has 2 atom stereocenters. The van der Waals surface area contributed by atoms with Gasteiger partial charge in [0.25, 0.3) is 10.0 Å². The molecule has 112 valence electrons. The molecule has 1 aliphatic rings. The van der Waals surface area contributed by atoms with E-state index in [-0.39, 0.29) is 6.04 Å². The molecule has 2 aromatic rings. The number of nitrogens with one attached hydrogen (secondary N) is 3. The topological polar surface area (TPSA) is 70.2 Å². The van der Waals surface area contributed by atoms with Crippen LogP contribution in [0, 0.1) is 0 Å². The highest BCUT2D eigenvalue weighted by Gasteiger charge is 2.25. The Bertz CT molecular complexity index is 713. The Hall–Kier alpha value is -1.41. The molecule has 1 fully saturated rings. The van der Waals surface area contributed by atoms with Crippen LogP contribution in [0.25, 0.3) is 0 Å². The fraction of sp³-hybridized carbons (Fsp3) is 0.286. The van der Waals surface area contributed by atoms with Crippen molar-refractivity contribution in [2.75, 3.05) is 4.72 Å². The molecule has 3 N–H and O–H groups in total. The van der Waals surface area contributed by atoms with Crippen LogP contribution in [-0.4, -0.2) is 14.5 Å². The molecule has 5 nitrogen and oxygen atoms in total. The van der Waals surface area contributed by atoms with E-state index in [4.69, 9.17) is 0 Å². The van der Waals surface area contributed by atoms with Gasteiger partial charge >= 0.3 is 0 Å². The molecule has 0 saturated carbocycles. The van der Waals surface area contributed by atoms with Crippen molar-refractivity contribution in [3.05, 3.63) is 47.3 Å². The highest BCUT2D eigenvalue weighted by Crippen LogP contribution is 2.31. The van der Waals surface area contributed by atoms with Crippen LogP contribution in [0.5, 0.6) is 0 Å². The van der Waals surface area contributed by atoms with Gasteiger partial charge in [0.1, 0.15) is 4.21 Å². The first-order valence-corrected chi connectivity index (χ1v) is 9.03. The lowest BCUT2D eigenvalue weighted by molar-refractivity contribution is 0.564. The normalized spacial score (nSPS) is 22.3. The van der Waals surface area contributed by atoms with Crippen LogP contribution in [0.3, 0.4) is 0 Å². The summed E-state index contributed by atoms with van der Waals surface area (Å²) >= 11 is 1.31. The van der Waals surface area contributed by atoms with E-state index in [0.29, 0.717) is 15.9 Å². The monoisotopic (exact) mass is 323 g/mol. The van der Waals surface area contributed by atoms with Crippen molar-refractivity contribution in [2.24, 2.45) is 0 Å². The average molecular weight is 323 g/mol. The predicted octanol–water partition coefficient (Wildman–Crippen LogP) is 2.48. The number of rotatable bonds is 4. The summed E-state index contributed by atoms with van der Waals surface area (Å²) in [6.45, 7) is 2.09. The maximum Gasteiger partial charge on any atom is 0.271 e. The Balaban J connectivity index is 1.79. The van der Waals surface area contributed by atoms with E-state index in [1.807, 2.05) is 12.1 Å². The summed E-state index contributed by atoms with van der Waals surface area (Å²) in [6.07, 6.45) is 0.951. The van der Waals surface area contributed by atoms with Gasteiger partial charge in [-0.2, -0.15) is 0 Å². The van der Waals surface area contributed by atoms with E-state index in [0.717, 1.165) is 11.3 Å². The van der Waals surface area contributed by atoms with Gasteiger partial charge in [-0.15, -0.1) is 11.3 Å². The largest absolute Gasteiger partial charge is 0.279 e. The molecule has 0 aliphatic carbocycles. The van der Waals surface area contributed by atoms with Gasteiger partial charge in [-0.3, -0.25) is 10.1 Å². The number of hydrogen-bond donors (Lipinski definition) is 3. The van der Waals surface area contributed by atoms with Gasteiger partial charge < -0.3 is 0 Å². The second-order valence-electron chi connectivity index (χ2n) is 5.11. The number of hydrazine groups is 1. The Kier molecular flexibility index (Phi) is 3.99. The third-order valence-electron chi connectivity index (χ3n) is 3.33. The summed E-state index contributed by atoms with van der Waals surface area (Å²) in [5.74, 6) is 0. The molecular formula is C14H17N3O2S2. The van der Waals surface area contributed by atoms with E-state index >= 15 is 0 Å². The van der Waals surface area contributed by atoms with Gasteiger partial charge in [0.15, 0.2) is 0 Å². The van der Waals surface area contributed by atoms with Crippen LogP contribution in [-0.2, 0) is 10.0 Å². The van der Waals surface area contributed by atoms with E-state index < -0.39 is 10.0 Å². The lowest BCUT2D eigenvalue weighted by Crippen LogP contribution is -2.28. The maximum atomic E-state index is 12.4. The zero-order valence-electron chi connectivity index (χ0n) is 11.5. The van der Waals surface area contributed by atoms with Crippen molar-refractivity contribution in [2.45, 2.75) is 29.6 Å². The Morgan fingerprint density at radius 2 is 1.90 bits per heavy atom. The average Bonchev–Trinajstić information content (AvgIpc) is 3.08. The molecule has 1 aromatic heterocycles. The van der Waals surface area contributed by atoms with Gasteiger partial charge in [0.05, 0.1) is 6.04 Å². The van der Waals surface area contributed by atoms with Crippen LogP contribution in [0.4, 0.5) is 5.69 Å². The van der Waals surface area contributed by atoms with Crippen LogP contribution in [0.1, 0.15) is 24.3 Å². The van der Waals surface area contributed by atoms with Crippen molar-refractivity contribution < 1.29 is 8.42 Å². The molecule has 1 saturated heterocycles. The zero-order chi connectivity index (χ0) is 14.9. The third kappa shape index (κ3) is 3.26. The smallest absolute Gasteiger partial charge is 0.271 e. The Morgan fingerprint density at radius 1 is 1.14 bits per heavy atom. The SMILES string of the molecule is CC1CC(c2ccc(S(=O)(=O)Nc3ccccc3)s2)NN1. The van der Waals surface area contributed by atoms with Gasteiger partial charge in [-0.05, 0) is 37.6 Å². The van der Waals surface area contributed by atoms with Crippen molar-refractivity contribution in [3.63, 3.8) is 0 Å². The lowest BCUT2D eigenvalue weighted by atomic mass is 10.1. The van der Waals surface area contributed by atoms with Gasteiger partial charge in [0.2, 0.25) is 0 Å². The van der Waals surface area contributed by atoms with Crippen molar-refractivity contribution in [1.82, 2.24) is 10.9 Å². The molecule has 2 unspecified atom stereocenters. The molecule has 0 spiro atoms. The third-order valence-corrected chi connectivity index (χ3v) is 6.40. The highest BCUT2D eigenvalue weighted by atomic mass is 32.2. The van der Waals surface area contributed by atoms with Crippen LogP contribution < -0.4 is 15.6 Å². The van der Waals surface area contributed by atoms with Crippen molar-refractivity contribution >= 4 is 27.0 Å². The molecule has 0 radical (unpaired) electrons. The van der Waals surface area contributed by atoms with E-state index in [2.05, 4.69) is 22.5 Å². The van der Waals surface area contributed by atoms with Gasteiger partial charge in [-0.25, -0.2) is 13.8 Å². The first-order chi connectivity index (χ1) is 10.0. The van der Waals surface area contributed by atoms with Crippen molar-refractivity contribution in [3.8, 4) is 0 Å². The number of sulfonamides is 1. The summed E-state index contributed by atoms with van der Waals surface area (Å²) in [6, 6.07) is 13.0. The maximum absolute atomic E-state index is 12.4. The number of para-hydroxylation sites is 1. The molecule has 0 bridgehead atoms. The molecule has 0 amide bonds. The lowest BCUT2D eigenvalue weighted by Gasteiger charge is -2.07. The Morgan fingerprint density at radius 3 is 2.57 bits per heavy atom. The summed E-state index contributed by atoms with van der Waals surface area (Å²) in [4.78, 5) is 1.03. The molecule has 7 heteroatoms. The van der Waals surface area contributed by atoms with Gasteiger partial charge in [-0.1, -0.05) is 18.2 Å². The standard InChI is InChI=1S/C14H17N3O2S2/c1-10-9-12(16-15-10)13-7-8-14(20-13)21(18,19)17-11-5-3-2-4-6-11/h2-8,10,12,15-17H,9H2,1H3. The summed E-state index contributed by atoms with van der Waals surface area (Å²) < 4.78 is 27.6. The molecular weight excluding hydrogens is 306 g/mol. The quantitative estimate of drug-likeness (QED) is 0.808. The summed E-state index contributed by atoms with van der Waals surface area (Å²) in [5, 5.41) is 0. The fourth-order valence-electron chi connectivity index (χ4n) is 2.28. The molecule has 2 heterocycles. The van der Waals surface area contributed by atoms with Crippen LogP contribution >= 0.6 is 11.3 Å². The number of anilines is 1. The Labute approximate surface area is 128 Å². The summed E-state index contributed by atoms with van der Waals surface area (Å²) in [5.41, 5.74) is 6.90. The number of hydrogen-bond acceptors (Lipinski definition) is 5. The van der Waals surface area contributed by atoms with Crippen LogP contribution in [0.15, 0.2) is 46.7 Å². The van der Waals surface area contributed by atoms with Gasteiger partial charge in [0, 0.05) is 16.6 Å². The molecule has 1 aliphatic heterocycles. The highest BCUT2D eigenvalue weighted by molar-refractivity contribution is 7.94.